The molecular weight excluding hydrogens is 581 g/mol. The highest BCUT2D eigenvalue weighted by Gasteiger charge is 2.29. The highest BCUT2D eigenvalue weighted by atomic mass is 79.9. The van der Waals surface area contributed by atoms with Crippen molar-refractivity contribution in [2.24, 2.45) is 0 Å². The first-order valence-electron chi connectivity index (χ1n) is 11.5. The van der Waals surface area contributed by atoms with Crippen LogP contribution in [-0.2, 0) is 33.9 Å². The second-order valence-corrected chi connectivity index (χ2v) is 10.5. The van der Waals surface area contributed by atoms with Crippen molar-refractivity contribution in [3.8, 4) is 11.5 Å². The number of rotatable bonds is 5. The maximum atomic E-state index is 13.1. The van der Waals surface area contributed by atoms with Crippen LogP contribution in [-0.4, -0.2) is 41.1 Å². The van der Waals surface area contributed by atoms with E-state index in [0.717, 1.165) is 21.3 Å². The predicted molar refractivity (Wildman–Crippen MR) is 147 cm³/mol. The van der Waals surface area contributed by atoms with Crippen LogP contribution in [0.4, 0.5) is 5.69 Å². The van der Waals surface area contributed by atoms with Gasteiger partial charge in [0.25, 0.3) is 0 Å². The molecule has 0 aromatic heterocycles. The van der Waals surface area contributed by atoms with Crippen molar-refractivity contribution in [2.45, 2.75) is 26.4 Å². The molecule has 1 aliphatic rings. The molecule has 1 heterocycles. The number of ether oxygens (including phenoxy) is 1. The molecule has 0 aliphatic carbocycles. The molecule has 37 heavy (non-hydrogen) atoms. The normalized spacial score (nSPS) is 12.5. The van der Waals surface area contributed by atoms with Crippen LogP contribution >= 0.6 is 39.1 Å². The molecule has 3 amide bonds. The number of anilines is 1. The first-order chi connectivity index (χ1) is 17.6. The lowest BCUT2D eigenvalue weighted by molar-refractivity contribution is -0.151. The van der Waals surface area contributed by atoms with E-state index in [2.05, 4.69) is 21.2 Å². The third kappa shape index (κ3) is 6.63. The van der Waals surface area contributed by atoms with E-state index in [1.54, 1.807) is 31.3 Å². The molecule has 0 fully saturated rings. The van der Waals surface area contributed by atoms with Crippen LogP contribution in [0.3, 0.4) is 0 Å². The van der Waals surface area contributed by atoms with Crippen LogP contribution in [0.2, 0.25) is 10.0 Å². The van der Waals surface area contributed by atoms with Crippen LogP contribution in [0, 0.1) is 0 Å². The molecule has 4 rings (SSSR count). The quantitative estimate of drug-likeness (QED) is 0.360. The van der Waals surface area contributed by atoms with Crippen molar-refractivity contribution in [3.63, 3.8) is 0 Å². The van der Waals surface area contributed by atoms with Gasteiger partial charge in [0.1, 0.15) is 11.5 Å². The lowest BCUT2D eigenvalue weighted by Crippen LogP contribution is -2.45. The largest absolute Gasteiger partial charge is 0.457 e. The first-order valence-corrected chi connectivity index (χ1v) is 13.0. The third-order valence-corrected chi connectivity index (χ3v) is 6.82. The standard InChI is InChI=1S/C27H24BrCl2N3O4/c1-16(34)31-24-5-3-4-17-15-33(9-8-23(17)24)27(36)26(35)32(2)14-18-6-7-19(28)10-25(18)37-22-12-20(29)11-21(30)13-22/h3-7,10-13H,8-9,14-15H2,1-2H3,(H,31,34). The Labute approximate surface area is 233 Å². The zero-order chi connectivity index (χ0) is 26.7. The summed E-state index contributed by atoms with van der Waals surface area (Å²) in [7, 11) is 1.58. The van der Waals surface area contributed by atoms with Gasteiger partial charge in [-0.15, -0.1) is 0 Å². The van der Waals surface area contributed by atoms with Gasteiger partial charge >= 0.3 is 11.8 Å². The van der Waals surface area contributed by atoms with Gasteiger partial charge in [-0.1, -0.05) is 57.3 Å². The van der Waals surface area contributed by atoms with Crippen LogP contribution in [0.5, 0.6) is 11.5 Å². The van der Waals surface area contributed by atoms with Crippen molar-refractivity contribution in [3.05, 3.63) is 85.8 Å². The topological polar surface area (TPSA) is 79.0 Å². The van der Waals surface area contributed by atoms with Crippen LogP contribution in [0.1, 0.15) is 23.6 Å². The van der Waals surface area contributed by atoms with Crippen LogP contribution in [0.25, 0.3) is 0 Å². The molecule has 0 saturated heterocycles. The Balaban J connectivity index is 1.47. The van der Waals surface area contributed by atoms with E-state index in [4.69, 9.17) is 27.9 Å². The molecule has 192 valence electrons. The van der Waals surface area contributed by atoms with E-state index < -0.39 is 11.8 Å². The van der Waals surface area contributed by atoms with E-state index in [1.807, 2.05) is 30.3 Å². The summed E-state index contributed by atoms with van der Waals surface area (Å²) in [6.45, 7) is 2.28. The molecule has 0 atom stereocenters. The van der Waals surface area contributed by atoms with Crippen molar-refractivity contribution in [1.82, 2.24) is 9.80 Å². The molecule has 0 bridgehead atoms. The maximum Gasteiger partial charge on any atom is 0.312 e. The van der Waals surface area contributed by atoms with Gasteiger partial charge in [-0.25, -0.2) is 0 Å². The molecule has 10 heteroatoms. The van der Waals surface area contributed by atoms with Gasteiger partial charge < -0.3 is 19.9 Å². The summed E-state index contributed by atoms with van der Waals surface area (Å²) in [5.74, 6) is -0.413. The molecule has 0 saturated carbocycles. The molecule has 1 N–H and O–H groups in total. The third-order valence-electron chi connectivity index (χ3n) is 5.89. The number of benzene rings is 3. The summed E-state index contributed by atoms with van der Waals surface area (Å²) < 4.78 is 6.81. The summed E-state index contributed by atoms with van der Waals surface area (Å²) in [6, 6.07) is 15.9. The fourth-order valence-corrected chi connectivity index (χ4v) is 5.03. The highest BCUT2D eigenvalue weighted by Crippen LogP contribution is 2.33. The van der Waals surface area contributed by atoms with Crippen molar-refractivity contribution in [1.29, 1.82) is 0 Å². The summed E-state index contributed by atoms with van der Waals surface area (Å²) in [6.07, 6.45) is 0.543. The number of carbonyl (C=O) groups is 3. The number of nitrogens with zero attached hydrogens (tertiary/aromatic N) is 2. The minimum atomic E-state index is -0.624. The average molecular weight is 605 g/mol. The minimum Gasteiger partial charge on any atom is -0.457 e. The Morgan fingerprint density at radius 1 is 1.08 bits per heavy atom. The number of halogens is 3. The van der Waals surface area contributed by atoms with Gasteiger partial charge in [0.15, 0.2) is 0 Å². The maximum absolute atomic E-state index is 13.1. The molecule has 0 unspecified atom stereocenters. The number of hydrogen-bond acceptors (Lipinski definition) is 4. The Bertz CT molecular complexity index is 1360. The molecular formula is C27H24BrCl2N3O4. The Morgan fingerprint density at radius 3 is 2.51 bits per heavy atom. The zero-order valence-electron chi connectivity index (χ0n) is 20.2. The second kappa shape index (κ2) is 11.5. The van der Waals surface area contributed by atoms with E-state index in [1.165, 1.54) is 16.7 Å². The number of amides is 3. The number of fused-ring (bicyclic) bond motifs is 1. The number of carbonyl (C=O) groups excluding carboxylic acids is 3. The minimum absolute atomic E-state index is 0.151. The van der Waals surface area contributed by atoms with Gasteiger partial charge in [0.05, 0.1) is 0 Å². The van der Waals surface area contributed by atoms with Gasteiger partial charge in [-0.3, -0.25) is 14.4 Å². The number of hydrogen-bond donors (Lipinski definition) is 1. The second-order valence-electron chi connectivity index (χ2n) is 8.72. The molecule has 1 aliphatic heterocycles. The molecule has 0 spiro atoms. The molecule has 0 radical (unpaired) electrons. The van der Waals surface area contributed by atoms with Gasteiger partial charge in [0.2, 0.25) is 5.91 Å². The van der Waals surface area contributed by atoms with Gasteiger partial charge in [-0.05, 0) is 53.9 Å². The first kappa shape index (κ1) is 27.0. The molecule has 7 nitrogen and oxygen atoms in total. The Hall–Kier alpha value is -3.07. The summed E-state index contributed by atoms with van der Waals surface area (Å²) in [5, 5.41) is 3.70. The smallest absolute Gasteiger partial charge is 0.312 e. The van der Waals surface area contributed by atoms with E-state index in [9.17, 15) is 14.4 Å². The lowest BCUT2D eigenvalue weighted by Gasteiger charge is -2.31. The number of nitrogens with one attached hydrogen (secondary N) is 1. The fraction of sp³-hybridized carbons (Fsp3) is 0.222. The van der Waals surface area contributed by atoms with Crippen molar-refractivity contribution >= 4 is 62.5 Å². The molecule has 3 aromatic rings. The Morgan fingerprint density at radius 2 is 1.81 bits per heavy atom. The van der Waals surface area contributed by atoms with Gasteiger partial charge in [-0.2, -0.15) is 0 Å². The number of likely N-dealkylation sites (N-methyl/N-ethyl adjacent to an activating group) is 1. The van der Waals surface area contributed by atoms with E-state index in [-0.39, 0.29) is 12.5 Å². The van der Waals surface area contributed by atoms with Crippen molar-refractivity contribution in [2.75, 3.05) is 18.9 Å². The lowest BCUT2D eigenvalue weighted by atomic mass is 9.97. The zero-order valence-corrected chi connectivity index (χ0v) is 23.3. The van der Waals surface area contributed by atoms with Crippen LogP contribution in [0.15, 0.2) is 59.1 Å². The highest BCUT2D eigenvalue weighted by molar-refractivity contribution is 9.10. The summed E-state index contributed by atoms with van der Waals surface area (Å²) >= 11 is 15.6. The Kier molecular flexibility index (Phi) is 8.42. The predicted octanol–water partition coefficient (Wildman–Crippen LogP) is 6.05. The molecule has 3 aromatic carbocycles. The van der Waals surface area contributed by atoms with Gasteiger partial charge in [0, 0.05) is 59.4 Å². The SMILES string of the molecule is CC(=O)Nc1cccc2c1CCN(C(=O)C(=O)N(C)Cc1ccc(Br)cc1Oc1cc(Cl)cc(Cl)c1)C2. The van der Waals surface area contributed by atoms with E-state index >= 15 is 0 Å². The summed E-state index contributed by atoms with van der Waals surface area (Å²) in [4.78, 5) is 40.6. The summed E-state index contributed by atoms with van der Waals surface area (Å²) in [5.41, 5.74) is 3.33. The monoisotopic (exact) mass is 603 g/mol. The fourth-order valence-electron chi connectivity index (χ4n) is 4.18. The van der Waals surface area contributed by atoms with Crippen LogP contribution < -0.4 is 10.1 Å². The van der Waals surface area contributed by atoms with E-state index in [0.29, 0.717) is 46.6 Å². The average Bonchev–Trinajstić information content (AvgIpc) is 2.83. The van der Waals surface area contributed by atoms with Crippen molar-refractivity contribution < 1.29 is 19.1 Å².